The Morgan fingerprint density at radius 2 is 1.89 bits per heavy atom. The van der Waals surface area contributed by atoms with E-state index in [9.17, 15) is 4.79 Å². The van der Waals surface area contributed by atoms with Gasteiger partial charge in [-0.25, -0.2) is 0 Å². The van der Waals surface area contributed by atoms with Crippen LogP contribution in [0.2, 0.25) is 0 Å². The van der Waals surface area contributed by atoms with Crippen LogP contribution in [0.15, 0.2) is 30.5 Å². The van der Waals surface area contributed by atoms with E-state index in [-0.39, 0.29) is 0 Å². The highest BCUT2D eigenvalue weighted by molar-refractivity contribution is 5.97. The van der Waals surface area contributed by atoms with E-state index in [4.69, 9.17) is 0 Å². The minimum Gasteiger partial charge on any atom is -0.347 e. The summed E-state index contributed by atoms with van der Waals surface area (Å²) in [5.41, 5.74) is 1.97. The number of carbonyl (C=O) groups is 1. The molecule has 1 fully saturated rings. The largest absolute Gasteiger partial charge is 0.347 e. The molecule has 3 nitrogen and oxygen atoms in total. The number of para-hydroxylation sites is 1. The number of fused-ring (bicyclic) bond motifs is 1. The zero-order chi connectivity index (χ0) is 13.1. The van der Waals surface area contributed by atoms with Crippen molar-refractivity contribution >= 4 is 17.2 Å². The zero-order valence-electron chi connectivity index (χ0n) is 11.2. The first kappa shape index (κ1) is 12.4. The van der Waals surface area contributed by atoms with E-state index >= 15 is 0 Å². The van der Waals surface area contributed by atoms with Crippen LogP contribution >= 0.6 is 0 Å². The van der Waals surface area contributed by atoms with E-state index in [1.165, 1.54) is 38.0 Å². The summed E-state index contributed by atoms with van der Waals surface area (Å²) in [6, 6.07) is 8.14. The summed E-state index contributed by atoms with van der Waals surface area (Å²) < 4.78 is 2.22. The van der Waals surface area contributed by atoms with Gasteiger partial charge in [-0.15, -0.1) is 0 Å². The summed E-state index contributed by atoms with van der Waals surface area (Å²) in [4.78, 5) is 13.6. The molecule has 0 radical (unpaired) electrons. The topological polar surface area (TPSA) is 25.2 Å². The highest BCUT2D eigenvalue weighted by Gasteiger charge is 2.11. The van der Waals surface area contributed by atoms with Crippen molar-refractivity contribution in [1.82, 2.24) is 9.47 Å². The Morgan fingerprint density at radius 3 is 2.68 bits per heavy atom. The molecule has 0 amide bonds. The number of aldehydes is 1. The van der Waals surface area contributed by atoms with Crippen LogP contribution in [0.1, 0.15) is 29.6 Å². The maximum absolute atomic E-state index is 11.1. The Balaban J connectivity index is 1.71. The maximum Gasteiger partial charge on any atom is 0.152 e. The minimum atomic E-state index is 0.803. The lowest BCUT2D eigenvalue weighted by Crippen LogP contribution is -2.21. The molecule has 1 aliphatic heterocycles. The molecule has 0 unspecified atom stereocenters. The van der Waals surface area contributed by atoms with Gasteiger partial charge in [-0.2, -0.15) is 0 Å². The van der Waals surface area contributed by atoms with Gasteiger partial charge in [0.1, 0.15) is 0 Å². The van der Waals surface area contributed by atoms with E-state index in [1.807, 2.05) is 24.4 Å². The molecule has 2 aromatic rings. The Morgan fingerprint density at radius 1 is 1.11 bits per heavy atom. The maximum atomic E-state index is 11.1. The van der Waals surface area contributed by atoms with Gasteiger partial charge in [-0.1, -0.05) is 18.2 Å². The number of aromatic nitrogens is 1. The summed E-state index contributed by atoms with van der Waals surface area (Å²) >= 11 is 0. The molecule has 100 valence electrons. The lowest BCUT2D eigenvalue weighted by Gasteiger charge is -2.14. The first-order valence-corrected chi connectivity index (χ1v) is 7.14. The molecule has 1 aliphatic rings. The fraction of sp³-hybridized carbons (Fsp3) is 0.438. The van der Waals surface area contributed by atoms with Gasteiger partial charge in [0, 0.05) is 29.2 Å². The number of hydrogen-bond acceptors (Lipinski definition) is 2. The van der Waals surface area contributed by atoms with Crippen LogP contribution in [0.25, 0.3) is 10.9 Å². The Kier molecular flexibility index (Phi) is 3.65. The Bertz CT molecular complexity index is 567. The van der Waals surface area contributed by atoms with Crippen molar-refractivity contribution in [3.05, 3.63) is 36.0 Å². The van der Waals surface area contributed by atoms with E-state index in [0.29, 0.717) is 0 Å². The highest BCUT2D eigenvalue weighted by Crippen LogP contribution is 2.20. The molecular weight excluding hydrogens is 236 g/mol. The molecular formula is C16H20N2O. The standard InChI is InChI=1S/C16H20N2O/c19-13-14-12-18(16-7-2-1-6-15(14)16)11-5-10-17-8-3-4-9-17/h1-2,6-7,12-13H,3-5,8-11H2. The molecule has 0 spiro atoms. The second-order valence-corrected chi connectivity index (χ2v) is 5.32. The van der Waals surface area contributed by atoms with E-state index in [1.54, 1.807) is 0 Å². The molecule has 0 N–H and O–H groups in total. The zero-order valence-corrected chi connectivity index (χ0v) is 11.2. The third kappa shape index (κ3) is 2.56. The normalized spacial score (nSPS) is 16.2. The quantitative estimate of drug-likeness (QED) is 0.768. The first-order chi connectivity index (χ1) is 9.38. The average Bonchev–Trinajstić information content (AvgIpc) is 3.07. The number of hydrogen-bond donors (Lipinski definition) is 0. The molecule has 0 atom stereocenters. The van der Waals surface area contributed by atoms with E-state index in [2.05, 4.69) is 15.5 Å². The van der Waals surface area contributed by atoms with Crippen LogP contribution in [-0.4, -0.2) is 35.4 Å². The van der Waals surface area contributed by atoms with Gasteiger partial charge >= 0.3 is 0 Å². The molecule has 1 aromatic carbocycles. The minimum absolute atomic E-state index is 0.803. The Hall–Kier alpha value is -1.61. The fourth-order valence-electron chi connectivity index (χ4n) is 3.02. The van der Waals surface area contributed by atoms with Gasteiger partial charge in [0.05, 0.1) is 0 Å². The van der Waals surface area contributed by atoms with Crippen LogP contribution in [-0.2, 0) is 6.54 Å². The number of benzene rings is 1. The molecule has 0 aliphatic carbocycles. The predicted molar refractivity (Wildman–Crippen MR) is 77.6 cm³/mol. The highest BCUT2D eigenvalue weighted by atomic mass is 16.1. The van der Waals surface area contributed by atoms with Crippen LogP contribution in [0.3, 0.4) is 0 Å². The first-order valence-electron chi connectivity index (χ1n) is 7.14. The summed E-state index contributed by atoms with van der Waals surface area (Å²) in [6.07, 6.45) is 6.79. The SMILES string of the molecule is O=Cc1cn(CCCN2CCCC2)c2ccccc12. The van der Waals surface area contributed by atoms with Gasteiger partial charge in [0.25, 0.3) is 0 Å². The second-order valence-electron chi connectivity index (χ2n) is 5.32. The molecule has 19 heavy (non-hydrogen) atoms. The number of rotatable bonds is 5. The van der Waals surface area contributed by atoms with Crippen molar-refractivity contribution in [2.45, 2.75) is 25.8 Å². The molecule has 0 saturated carbocycles. The lowest BCUT2D eigenvalue weighted by molar-refractivity contribution is 0.112. The van der Waals surface area contributed by atoms with Crippen molar-refractivity contribution in [2.75, 3.05) is 19.6 Å². The van der Waals surface area contributed by atoms with Gasteiger partial charge in [-0.3, -0.25) is 4.79 Å². The van der Waals surface area contributed by atoms with Gasteiger partial charge in [0.15, 0.2) is 6.29 Å². The average molecular weight is 256 g/mol. The van der Waals surface area contributed by atoms with E-state index < -0.39 is 0 Å². The third-order valence-corrected chi connectivity index (χ3v) is 4.02. The predicted octanol–water partition coefficient (Wildman–Crippen LogP) is 2.94. The number of likely N-dealkylation sites (tertiary alicyclic amines) is 1. The van der Waals surface area contributed by atoms with Crippen LogP contribution in [0.4, 0.5) is 0 Å². The molecule has 2 heterocycles. The van der Waals surface area contributed by atoms with Crippen molar-refractivity contribution in [2.24, 2.45) is 0 Å². The van der Waals surface area contributed by atoms with Gasteiger partial charge in [0.2, 0.25) is 0 Å². The molecule has 1 saturated heterocycles. The van der Waals surface area contributed by atoms with Crippen molar-refractivity contribution in [3.63, 3.8) is 0 Å². The lowest BCUT2D eigenvalue weighted by atomic mass is 10.2. The smallest absolute Gasteiger partial charge is 0.152 e. The fourth-order valence-corrected chi connectivity index (χ4v) is 3.02. The Labute approximate surface area is 113 Å². The molecule has 0 bridgehead atoms. The van der Waals surface area contributed by atoms with Crippen molar-refractivity contribution in [1.29, 1.82) is 0 Å². The van der Waals surface area contributed by atoms with Crippen LogP contribution in [0, 0.1) is 0 Å². The summed E-state index contributed by atoms with van der Waals surface area (Å²) in [6.45, 7) is 4.67. The number of carbonyl (C=O) groups excluding carboxylic acids is 1. The molecule has 3 heteroatoms. The second kappa shape index (κ2) is 5.57. The van der Waals surface area contributed by atoms with Crippen molar-refractivity contribution in [3.8, 4) is 0 Å². The van der Waals surface area contributed by atoms with Crippen molar-refractivity contribution < 1.29 is 4.79 Å². The van der Waals surface area contributed by atoms with E-state index in [0.717, 1.165) is 30.2 Å². The number of nitrogens with zero attached hydrogens (tertiary/aromatic N) is 2. The molecule has 1 aromatic heterocycles. The number of aryl methyl sites for hydroxylation is 1. The summed E-state index contributed by atoms with van der Waals surface area (Å²) in [5.74, 6) is 0. The third-order valence-electron chi connectivity index (χ3n) is 4.02. The van der Waals surface area contributed by atoms with Gasteiger partial charge < -0.3 is 9.47 Å². The summed E-state index contributed by atoms with van der Waals surface area (Å²) in [5, 5.41) is 1.07. The van der Waals surface area contributed by atoms with Crippen LogP contribution < -0.4 is 0 Å². The molecule has 3 rings (SSSR count). The summed E-state index contributed by atoms with van der Waals surface area (Å²) in [7, 11) is 0. The van der Waals surface area contributed by atoms with Crippen LogP contribution in [0.5, 0.6) is 0 Å². The monoisotopic (exact) mass is 256 g/mol. The van der Waals surface area contributed by atoms with Gasteiger partial charge in [-0.05, 0) is 45.0 Å².